The molecule has 5 nitrogen and oxygen atoms in total. The van der Waals surface area contributed by atoms with Crippen LogP contribution in [0.5, 0.6) is 0 Å². The van der Waals surface area contributed by atoms with Gasteiger partial charge in [0.2, 0.25) is 9.84 Å². The van der Waals surface area contributed by atoms with Crippen LogP contribution in [0.3, 0.4) is 0 Å². The number of fused-ring (bicyclic) bond motifs is 1. The first-order chi connectivity index (χ1) is 16.5. The molecule has 5 rings (SSSR count). The fourth-order valence-electron chi connectivity index (χ4n) is 3.65. The molecule has 0 aliphatic carbocycles. The van der Waals surface area contributed by atoms with E-state index in [1.807, 2.05) is 54.6 Å². The molecule has 0 unspecified atom stereocenters. The lowest BCUT2D eigenvalue weighted by molar-refractivity contribution is 0.0955. The Kier molecular flexibility index (Phi) is 5.96. The minimum absolute atomic E-state index is 0.170. The Balaban J connectivity index is 1.27. The molecule has 168 valence electrons. The molecular weight excluding hydrogens is 464 g/mol. The number of thiophene rings is 1. The summed E-state index contributed by atoms with van der Waals surface area (Å²) in [4.78, 5) is 17.7. The van der Waals surface area contributed by atoms with E-state index in [1.165, 1.54) is 11.3 Å². The molecule has 0 fully saturated rings. The minimum Gasteiger partial charge on any atom is -0.347 e. The SMILES string of the molecule is O=C(NCc1ccc(S(=O)(=O)c2ccc(-c3ccccc3)cc2)cc1)c1cc2ccncc2s1. The van der Waals surface area contributed by atoms with E-state index < -0.39 is 9.84 Å². The van der Waals surface area contributed by atoms with Crippen LogP contribution in [0.4, 0.5) is 0 Å². The predicted molar refractivity (Wildman–Crippen MR) is 135 cm³/mol. The van der Waals surface area contributed by atoms with Crippen molar-refractivity contribution in [1.82, 2.24) is 10.3 Å². The molecule has 0 bridgehead atoms. The summed E-state index contributed by atoms with van der Waals surface area (Å²) in [6, 6.07) is 27.0. The first-order valence-corrected chi connectivity index (χ1v) is 12.9. The van der Waals surface area contributed by atoms with Gasteiger partial charge in [-0.25, -0.2) is 8.42 Å². The van der Waals surface area contributed by atoms with Crippen molar-refractivity contribution in [3.05, 3.63) is 114 Å². The van der Waals surface area contributed by atoms with Crippen LogP contribution in [0.1, 0.15) is 15.2 Å². The van der Waals surface area contributed by atoms with Gasteiger partial charge in [0, 0.05) is 18.9 Å². The zero-order chi connectivity index (χ0) is 23.5. The summed E-state index contributed by atoms with van der Waals surface area (Å²) >= 11 is 1.39. The van der Waals surface area contributed by atoms with E-state index in [1.54, 1.807) is 48.8 Å². The number of benzene rings is 3. The lowest BCUT2D eigenvalue weighted by Crippen LogP contribution is -2.21. The highest BCUT2D eigenvalue weighted by Crippen LogP contribution is 2.26. The first-order valence-electron chi connectivity index (χ1n) is 10.6. The van der Waals surface area contributed by atoms with E-state index in [2.05, 4.69) is 10.3 Å². The van der Waals surface area contributed by atoms with E-state index in [0.717, 1.165) is 26.8 Å². The lowest BCUT2D eigenvalue weighted by atomic mass is 10.1. The van der Waals surface area contributed by atoms with E-state index in [4.69, 9.17) is 0 Å². The van der Waals surface area contributed by atoms with Gasteiger partial charge in [0.1, 0.15) is 0 Å². The molecule has 34 heavy (non-hydrogen) atoms. The molecule has 0 spiro atoms. The van der Waals surface area contributed by atoms with Crippen molar-refractivity contribution in [1.29, 1.82) is 0 Å². The second-order valence-electron chi connectivity index (χ2n) is 7.74. The molecule has 0 aliphatic heterocycles. The number of carbonyl (C=O) groups is 1. The van der Waals surface area contributed by atoms with Crippen LogP contribution >= 0.6 is 11.3 Å². The van der Waals surface area contributed by atoms with Gasteiger partial charge in [-0.05, 0) is 58.5 Å². The third kappa shape index (κ3) is 4.48. The van der Waals surface area contributed by atoms with Gasteiger partial charge >= 0.3 is 0 Å². The van der Waals surface area contributed by atoms with E-state index in [9.17, 15) is 13.2 Å². The molecule has 0 saturated carbocycles. The summed E-state index contributed by atoms with van der Waals surface area (Å²) in [5, 5.41) is 3.87. The molecule has 5 aromatic rings. The zero-order valence-electron chi connectivity index (χ0n) is 18.0. The van der Waals surface area contributed by atoms with Crippen LogP contribution < -0.4 is 5.32 Å². The number of aromatic nitrogens is 1. The van der Waals surface area contributed by atoms with E-state index >= 15 is 0 Å². The fraction of sp³-hybridized carbons (Fsp3) is 0.0370. The lowest BCUT2D eigenvalue weighted by Gasteiger charge is -2.08. The zero-order valence-corrected chi connectivity index (χ0v) is 19.6. The van der Waals surface area contributed by atoms with E-state index in [-0.39, 0.29) is 15.7 Å². The maximum atomic E-state index is 13.1. The maximum Gasteiger partial charge on any atom is 0.261 e. The van der Waals surface area contributed by atoms with Crippen molar-refractivity contribution in [2.75, 3.05) is 0 Å². The molecule has 1 amide bonds. The van der Waals surface area contributed by atoms with Gasteiger partial charge in [0.25, 0.3) is 5.91 Å². The maximum absolute atomic E-state index is 13.1. The highest BCUT2D eigenvalue weighted by Gasteiger charge is 2.18. The second-order valence-corrected chi connectivity index (χ2v) is 10.8. The molecule has 1 N–H and O–H groups in total. The number of carbonyl (C=O) groups excluding carboxylic acids is 1. The number of nitrogens with one attached hydrogen (secondary N) is 1. The molecule has 2 aromatic heterocycles. The number of hydrogen-bond donors (Lipinski definition) is 1. The summed E-state index contributed by atoms with van der Waals surface area (Å²) in [5.74, 6) is -0.170. The molecule has 0 atom stereocenters. The largest absolute Gasteiger partial charge is 0.347 e. The molecular formula is C27H20N2O3S2. The smallest absolute Gasteiger partial charge is 0.261 e. The van der Waals surface area contributed by atoms with Crippen molar-refractivity contribution < 1.29 is 13.2 Å². The number of sulfone groups is 1. The Morgan fingerprint density at radius 2 is 1.47 bits per heavy atom. The van der Waals surface area contributed by atoms with Gasteiger partial charge in [-0.15, -0.1) is 11.3 Å². The van der Waals surface area contributed by atoms with Gasteiger partial charge in [-0.3, -0.25) is 9.78 Å². The molecule has 3 aromatic carbocycles. The normalized spacial score (nSPS) is 11.4. The first kappa shape index (κ1) is 22.0. The van der Waals surface area contributed by atoms with Crippen molar-refractivity contribution in [3.63, 3.8) is 0 Å². The monoisotopic (exact) mass is 484 g/mol. The highest BCUT2D eigenvalue weighted by molar-refractivity contribution is 7.91. The van der Waals surface area contributed by atoms with Crippen LogP contribution in [0.25, 0.3) is 21.2 Å². The van der Waals surface area contributed by atoms with E-state index in [0.29, 0.717) is 11.4 Å². The topological polar surface area (TPSA) is 76.1 Å². The Morgan fingerprint density at radius 3 is 2.15 bits per heavy atom. The number of nitrogens with zero attached hydrogens (tertiary/aromatic N) is 1. The van der Waals surface area contributed by atoms with Crippen molar-refractivity contribution in [2.45, 2.75) is 16.3 Å². The quantitative estimate of drug-likeness (QED) is 0.334. The number of rotatable bonds is 6. The van der Waals surface area contributed by atoms with Crippen LogP contribution in [0.15, 0.2) is 113 Å². The number of amides is 1. The van der Waals surface area contributed by atoms with Gasteiger partial charge in [0.15, 0.2) is 0 Å². The number of pyridine rings is 1. The van der Waals surface area contributed by atoms with Gasteiger partial charge in [-0.2, -0.15) is 0 Å². The molecule has 7 heteroatoms. The summed E-state index contributed by atoms with van der Waals surface area (Å²) < 4.78 is 27.1. The Labute approximate surface area is 201 Å². The summed E-state index contributed by atoms with van der Waals surface area (Å²) in [6.07, 6.45) is 3.44. The van der Waals surface area contributed by atoms with Crippen molar-refractivity contribution in [2.24, 2.45) is 0 Å². The highest BCUT2D eigenvalue weighted by atomic mass is 32.2. The molecule has 0 aliphatic rings. The average Bonchev–Trinajstić information content (AvgIpc) is 3.33. The Hall–Kier alpha value is -3.81. The minimum atomic E-state index is -3.64. The summed E-state index contributed by atoms with van der Waals surface area (Å²) in [6.45, 7) is 0.303. The molecule has 0 saturated heterocycles. The van der Waals surface area contributed by atoms with Gasteiger partial charge in [-0.1, -0.05) is 54.6 Å². The molecule has 0 radical (unpaired) electrons. The van der Waals surface area contributed by atoms with Crippen LogP contribution in [-0.4, -0.2) is 19.3 Å². The fourth-order valence-corrected chi connectivity index (χ4v) is 5.85. The van der Waals surface area contributed by atoms with Gasteiger partial charge < -0.3 is 5.32 Å². The summed E-state index contributed by atoms with van der Waals surface area (Å²) in [7, 11) is -3.64. The third-order valence-corrected chi connectivity index (χ3v) is 8.37. The average molecular weight is 485 g/mol. The Bertz CT molecular complexity index is 1530. The van der Waals surface area contributed by atoms with Crippen molar-refractivity contribution in [3.8, 4) is 11.1 Å². The van der Waals surface area contributed by atoms with Crippen LogP contribution in [0, 0.1) is 0 Å². The molecule has 2 heterocycles. The van der Waals surface area contributed by atoms with Gasteiger partial charge in [0.05, 0.1) is 19.4 Å². The second kappa shape index (κ2) is 9.21. The Morgan fingerprint density at radius 1 is 0.824 bits per heavy atom. The number of hydrogen-bond acceptors (Lipinski definition) is 5. The van der Waals surface area contributed by atoms with Crippen LogP contribution in [0.2, 0.25) is 0 Å². The van der Waals surface area contributed by atoms with Crippen LogP contribution in [-0.2, 0) is 16.4 Å². The summed E-state index contributed by atoms with van der Waals surface area (Å²) in [5.41, 5.74) is 2.81. The third-order valence-electron chi connectivity index (χ3n) is 5.51. The van der Waals surface area contributed by atoms with Crippen molar-refractivity contribution >= 4 is 37.2 Å². The predicted octanol–water partition coefficient (Wildman–Crippen LogP) is 5.73. The standard InChI is InChI=1S/C27H20N2O3S2/c30-27(25-16-22-14-15-28-18-26(22)33-25)29-17-19-6-10-23(11-7-19)34(31,32)24-12-8-21(9-13-24)20-4-2-1-3-5-20/h1-16,18H,17H2,(H,29,30).